The van der Waals surface area contributed by atoms with Gasteiger partial charge in [-0.1, -0.05) is 12.2 Å². The van der Waals surface area contributed by atoms with Crippen LogP contribution in [0.5, 0.6) is 0 Å². The number of β-amino-alcohol motifs (C(OH)–C–C–N with tert-alkyl or cyclic N) is 1. The number of halogens is 1. The first-order valence-electron chi connectivity index (χ1n) is 9.33. The Morgan fingerprint density at radius 3 is 2.64 bits per heavy atom. The summed E-state index contributed by atoms with van der Waals surface area (Å²) in [6.07, 6.45) is 5.06. The van der Waals surface area contributed by atoms with Gasteiger partial charge >= 0.3 is 5.97 Å². The number of aromatic nitrogens is 1. The molecule has 2 aromatic rings. The predicted octanol–water partition coefficient (Wildman–Crippen LogP) is 1.54. The minimum absolute atomic E-state index is 0.0891. The number of pyridine rings is 1. The fraction of sp³-hybridized carbons (Fsp3) is 0.400. The monoisotopic (exact) mass is 387 g/mol. The molecule has 0 bridgehead atoms. The van der Waals surface area contributed by atoms with Crippen LogP contribution in [0, 0.1) is 5.82 Å². The average Bonchev–Trinajstić information content (AvgIpc) is 2.67. The molecule has 1 saturated heterocycles. The molecule has 28 heavy (non-hydrogen) atoms. The van der Waals surface area contributed by atoms with E-state index in [9.17, 15) is 14.7 Å². The molecule has 4 rings (SSSR count). The Balaban J connectivity index is 1.88. The number of carboxylic acids is 1. The standard InChI is InChI=1S/C20H22FN3O4/c1-12-2-3-13-17-14(19(26)15(20(27)28)11-24(12)17)10-16(21)18(13)23-6-4-22(5-7-23)8-9-25/h2-3,10-12,25H,4-9H2,1H3,(H,27,28). The van der Waals surface area contributed by atoms with E-state index in [1.165, 1.54) is 12.3 Å². The summed E-state index contributed by atoms with van der Waals surface area (Å²) in [6.45, 7) is 5.22. The Hall–Kier alpha value is -2.71. The van der Waals surface area contributed by atoms with E-state index in [1.54, 1.807) is 4.57 Å². The van der Waals surface area contributed by atoms with Crippen LogP contribution < -0.4 is 10.3 Å². The summed E-state index contributed by atoms with van der Waals surface area (Å²) in [6, 6.07) is 1.03. The van der Waals surface area contributed by atoms with Crippen LogP contribution in [0.4, 0.5) is 10.1 Å². The summed E-state index contributed by atoms with van der Waals surface area (Å²) in [7, 11) is 0. The quantitative estimate of drug-likeness (QED) is 0.828. The number of aromatic carboxylic acids is 1. The fourth-order valence-corrected chi connectivity index (χ4v) is 4.13. The molecule has 148 valence electrons. The first-order chi connectivity index (χ1) is 13.4. The Bertz CT molecular complexity index is 1040. The van der Waals surface area contributed by atoms with Crippen molar-refractivity contribution in [2.45, 2.75) is 13.0 Å². The second-order valence-electron chi connectivity index (χ2n) is 7.25. The van der Waals surface area contributed by atoms with Gasteiger partial charge in [-0.15, -0.1) is 0 Å². The molecule has 2 aliphatic rings. The number of anilines is 1. The molecule has 7 nitrogen and oxygen atoms in total. The lowest BCUT2D eigenvalue weighted by atomic mass is 9.98. The normalized spacial score (nSPS) is 19.4. The Kier molecular flexibility index (Phi) is 4.68. The maximum Gasteiger partial charge on any atom is 0.341 e. The van der Waals surface area contributed by atoms with Crippen molar-refractivity contribution in [1.82, 2.24) is 9.47 Å². The van der Waals surface area contributed by atoms with E-state index in [0.717, 1.165) is 0 Å². The van der Waals surface area contributed by atoms with Crippen LogP contribution in [0.15, 0.2) is 23.1 Å². The molecule has 0 radical (unpaired) electrons. The molecule has 3 heterocycles. The molecule has 0 aliphatic carbocycles. The smallest absolute Gasteiger partial charge is 0.341 e. The molecular weight excluding hydrogens is 365 g/mol. The zero-order valence-electron chi connectivity index (χ0n) is 15.6. The maximum atomic E-state index is 15.1. The lowest BCUT2D eigenvalue weighted by Gasteiger charge is -2.37. The summed E-state index contributed by atoms with van der Waals surface area (Å²) < 4.78 is 16.9. The third kappa shape index (κ3) is 2.89. The van der Waals surface area contributed by atoms with Crippen LogP contribution in [0.25, 0.3) is 17.0 Å². The number of piperazine rings is 1. The van der Waals surface area contributed by atoms with Gasteiger partial charge in [-0.05, 0) is 13.0 Å². The highest BCUT2D eigenvalue weighted by Crippen LogP contribution is 2.37. The van der Waals surface area contributed by atoms with Crippen LogP contribution in [-0.2, 0) is 0 Å². The highest BCUT2D eigenvalue weighted by atomic mass is 19.1. The third-order valence-electron chi connectivity index (χ3n) is 5.59. The van der Waals surface area contributed by atoms with Crippen molar-refractivity contribution in [2.24, 2.45) is 0 Å². The summed E-state index contributed by atoms with van der Waals surface area (Å²) in [5, 5.41) is 18.5. The zero-order chi connectivity index (χ0) is 20.0. The minimum Gasteiger partial charge on any atom is -0.477 e. The third-order valence-corrected chi connectivity index (χ3v) is 5.59. The number of rotatable bonds is 4. The summed E-state index contributed by atoms with van der Waals surface area (Å²) in [4.78, 5) is 28.2. The second-order valence-corrected chi connectivity index (χ2v) is 7.25. The van der Waals surface area contributed by atoms with Gasteiger partial charge in [0.2, 0.25) is 5.43 Å². The van der Waals surface area contributed by atoms with Gasteiger partial charge in [0.05, 0.1) is 23.2 Å². The van der Waals surface area contributed by atoms with Crippen molar-refractivity contribution in [3.8, 4) is 0 Å². The van der Waals surface area contributed by atoms with E-state index in [1.807, 2.05) is 24.0 Å². The predicted molar refractivity (Wildman–Crippen MR) is 105 cm³/mol. The van der Waals surface area contributed by atoms with E-state index in [0.29, 0.717) is 49.5 Å². The van der Waals surface area contributed by atoms with Crippen molar-refractivity contribution in [1.29, 1.82) is 0 Å². The number of nitrogens with zero attached hydrogens (tertiary/aromatic N) is 3. The number of aliphatic hydroxyl groups is 1. The molecule has 1 atom stereocenters. The van der Waals surface area contributed by atoms with Crippen molar-refractivity contribution in [3.63, 3.8) is 0 Å². The number of aliphatic hydroxyl groups excluding tert-OH is 1. The number of hydrogen-bond donors (Lipinski definition) is 2. The van der Waals surface area contributed by atoms with Gasteiger partial charge < -0.3 is 19.7 Å². The van der Waals surface area contributed by atoms with E-state index >= 15 is 4.39 Å². The van der Waals surface area contributed by atoms with E-state index < -0.39 is 17.2 Å². The average molecular weight is 387 g/mol. The van der Waals surface area contributed by atoms with Gasteiger partial charge in [0.25, 0.3) is 0 Å². The van der Waals surface area contributed by atoms with Crippen molar-refractivity contribution < 1.29 is 19.4 Å². The number of benzene rings is 1. The lowest BCUT2D eigenvalue weighted by molar-refractivity contribution is 0.0694. The number of hydrogen-bond acceptors (Lipinski definition) is 5. The number of carbonyl (C=O) groups is 1. The molecule has 1 unspecified atom stereocenters. The van der Waals surface area contributed by atoms with Crippen LogP contribution in [0.1, 0.15) is 28.9 Å². The van der Waals surface area contributed by atoms with E-state index in [-0.39, 0.29) is 23.6 Å². The molecule has 0 amide bonds. The van der Waals surface area contributed by atoms with Gasteiger partial charge in [0, 0.05) is 50.5 Å². The SMILES string of the molecule is CC1C=Cc2c(N3CCN(CCO)CC3)c(F)cc3c(=O)c(C(=O)O)cn1c23. The molecule has 1 fully saturated rings. The van der Waals surface area contributed by atoms with Gasteiger partial charge in [-0.3, -0.25) is 9.69 Å². The maximum absolute atomic E-state index is 15.1. The van der Waals surface area contributed by atoms with Crippen molar-refractivity contribution in [2.75, 3.05) is 44.2 Å². The summed E-state index contributed by atoms with van der Waals surface area (Å²) >= 11 is 0. The number of carboxylic acid groups (broad SMARTS) is 1. The molecule has 0 spiro atoms. The Morgan fingerprint density at radius 1 is 1.29 bits per heavy atom. The first kappa shape index (κ1) is 18.6. The van der Waals surface area contributed by atoms with E-state index in [4.69, 9.17) is 5.11 Å². The molecular formula is C20H22FN3O4. The topological polar surface area (TPSA) is 86.0 Å². The van der Waals surface area contributed by atoms with Crippen molar-refractivity contribution in [3.05, 3.63) is 45.5 Å². The lowest BCUT2D eigenvalue weighted by Crippen LogP contribution is -2.47. The van der Waals surface area contributed by atoms with Gasteiger partial charge in [0.1, 0.15) is 11.4 Å². The highest BCUT2D eigenvalue weighted by molar-refractivity contribution is 5.99. The Labute approximate surface area is 160 Å². The molecule has 1 aromatic heterocycles. The molecule has 8 heteroatoms. The van der Waals surface area contributed by atoms with Crippen LogP contribution in [0.3, 0.4) is 0 Å². The Morgan fingerprint density at radius 2 is 2.00 bits per heavy atom. The van der Waals surface area contributed by atoms with Gasteiger partial charge in [-0.25, -0.2) is 9.18 Å². The highest BCUT2D eigenvalue weighted by Gasteiger charge is 2.28. The van der Waals surface area contributed by atoms with E-state index in [2.05, 4.69) is 4.90 Å². The summed E-state index contributed by atoms with van der Waals surface area (Å²) in [5.74, 6) is -1.84. The molecule has 2 N–H and O–H groups in total. The van der Waals surface area contributed by atoms with Crippen LogP contribution in [0.2, 0.25) is 0 Å². The largest absolute Gasteiger partial charge is 0.477 e. The van der Waals surface area contributed by atoms with Crippen LogP contribution in [-0.4, -0.2) is 65.0 Å². The van der Waals surface area contributed by atoms with Gasteiger partial charge in [0.15, 0.2) is 0 Å². The summed E-state index contributed by atoms with van der Waals surface area (Å²) in [5.41, 5.74) is 0.596. The fourth-order valence-electron chi connectivity index (χ4n) is 4.13. The van der Waals surface area contributed by atoms with Crippen molar-refractivity contribution >= 4 is 28.6 Å². The molecule has 0 saturated carbocycles. The number of allylic oxidation sites excluding steroid dienone is 1. The minimum atomic E-state index is -1.32. The first-order valence-corrected chi connectivity index (χ1v) is 9.33. The molecule has 1 aromatic carbocycles. The second kappa shape index (κ2) is 7.03. The van der Waals surface area contributed by atoms with Crippen LogP contribution >= 0.6 is 0 Å². The zero-order valence-corrected chi connectivity index (χ0v) is 15.6. The van der Waals surface area contributed by atoms with Gasteiger partial charge in [-0.2, -0.15) is 0 Å². The molecule has 2 aliphatic heterocycles.